The van der Waals surface area contributed by atoms with Crippen LogP contribution in [-0.4, -0.2) is 5.78 Å². The Morgan fingerprint density at radius 1 is 1.33 bits per heavy atom. The van der Waals surface area contributed by atoms with Crippen LogP contribution >= 0.6 is 0 Å². The SMILES string of the molecule is CC1CCC(C(=O)c2ccoc2)CC1C. The van der Waals surface area contributed by atoms with E-state index < -0.39 is 0 Å². The molecule has 0 bridgehead atoms. The minimum atomic E-state index is 0.216. The van der Waals surface area contributed by atoms with E-state index in [4.69, 9.17) is 4.42 Å². The first-order valence-electron chi connectivity index (χ1n) is 5.75. The molecule has 3 unspecified atom stereocenters. The second kappa shape index (κ2) is 4.21. The monoisotopic (exact) mass is 206 g/mol. The van der Waals surface area contributed by atoms with Crippen molar-refractivity contribution < 1.29 is 9.21 Å². The van der Waals surface area contributed by atoms with Crippen LogP contribution in [0.1, 0.15) is 43.5 Å². The molecule has 1 aliphatic rings. The number of ketones is 1. The molecule has 82 valence electrons. The van der Waals surface area contributed by atoms with Crippen LogP contribution in [0.4, 0.5) is 0 Å². The molecular formula is C13H18O2. The molecule has 0 radical (unpaired) electrons. The number of carbonyl (C=O) groups excluding carboxylic acids is 1. The molecule has 2 nitrogen and oxygen atoms in total. The fourth-order valence-electron chi connectivity index (χ4n) is 2.43. The third-order valence-electron chi connectivity index (χ3n) is 3.77. The van der Waals surface area contributed by atoms with Gasteiger partial charge in [-0.1, -0.05) is 13.8 Å². The number of furan rings is 1. The van der Waals surface area contributed by atoms with Gasteiger partial charge >= 0.3 is 0 Å². The normalized spacial score (nSPS) is 31.5. The molecule has 15 heavy (non-hydrogen) atoms. The van der Waals surface area contributed by atoms with E-state index in [1.165, 1.54) is 6.42 Å². The van der Waals surface area contributed by atoms with Gasteiger partial charge in [-0.15, -0.1) is 0 Å². The minimum Gasteiger partial charge on any atom is -0.472 e. The highest BCUT2D eigenvalue weighted by Crippen LogP contribution is 2.34. The van der Waals surface area contributed by atoms with Crippen LogP contribution in [0.15, 0.2) is 23.0 Å². The predicted octanol–water partition coefficient (Wildman–Crippen LogP) is 3.53. The maximum atomic E-state index is 12.1. The van der Waals surface area contributed by atoms with Crippen molar-refractivity contribution in [2.75, 3.05) is 0 Å². The zero-order chi connectivity index (χ0) is 10.8. The molecule has 0 N–H and O–H groups in total. The summed E-state index contributed by atoms with van der Waals surface area (Å²) in [7, 11) is 0. The molecule has 1 heterocycles. The molecule has 0 saturated heterocycles. The van der Waals surface area contributed by atoms with E-state index in [1.807, 2.05) is 0 Å². The van der Waals surface area contributed by atoms with Gasteiger partial charge in [-0.05, 0) is 37.2 Å². The van der Waals surface area contributed by atoms with Gasteiger partial charge in [0.2, 0.25) is 0 Å². The topological polar surface area (TPSA) is 30.2 Å². The molecule has 0 amide bonds. The van der Waals surface area contributed by atoms with Crippen LogP contribution in [0.3, 0.4) is 0 Å². The lowest BCUT2D eigenvalue weighted by molar-refractivity contribution is 0.0837. The summed E-state index contributed by atoms with van der Waals surface area (Å²) < 4.78 is 4.95. The molecule has 0 aliphatic heterocycles. The first-order valence-corrected chi connectivity index (χ1v) is 5.75. The fraction of sp³-hybridized carbons (Fsp3) is 0.615. The van der Waals surface area contributed by atoms with Crippen molar-refractivity contribution in [1.29, 1.82) is 0 Å². The molecule has 2 rings (SSSR count). The van der Waals surface area contributed by atoms with E-state index >= 15 is 0 Å². The van der Waals surface area contributed by atoms with Crippen molar-refractivity contribution in [2.45, 2.75) is 33.1 Å². The maximum absolute atomic E-state index is 12.1. The van der Waals surface area contributed by atoms with Crippen LogP contribution in [-0.2, 0) is 0 Å². The number of Topliss-reactive ketones (excluding diaryl/α,β-unsaturated/α-hetero) is 1. The Bertz CT molecular complexity index is 326. The van der Waals surface area contributed by atoms with Gasteiger partial charge in [-0.25, -0.2) is 0 Å². The number of rotatable bonds is 2. The average molecular weight is 206 g/mol. The van der Waals surface area contributed by atoms with Gasteiger partial charge in [-0.3, -0.25) is 4.79 Å². The third-order valence-corrected chi connectivity index (χ3v) is 3.77. The Balaban J connectivity index is 2.03. The second-order valence-corrected chi connectivity index (χ2v) is 4.84. The van der Waals surface area contributed by atoms with Gasteiger partial charge in [0.25, 0.3) is 0 Å². The Morgan fingerprint density at radius 2 is 2.13 bits per heavy atom. The Kier molecular flexibility index (Phi) is 2.94. The first-order chi connectivity index (χ1) is 7.18. The summed E-state index contributed by atoms with van der Waals surface area (Å²) in [6.45, 7) is 4.53. The largest absolute Gasteiger partial charge is 0.472 e. The lowest BCUT2D eigenvalue weighted by Crippen LogP contribution is -2.26. The summed E-state index contributed by atoms with van der Waals surface area (Å²) in [4.78, 5) is 12.1. The number of hydrogen-bond acceptors (Lipinski definition) is 2. The van der Waals surface area contributed by atoms with E-state index in [0.717, 1.165) is 24.3 Å². The highest BCUT2D eigenvalue weighted by molar-refractivity contribution is 5.97. The van der Waals surface area contributed by atoms with E-state index in [9.17, 15) is 4.79 Å². The van der Waals surface area contributed by atoms with E-state index in [1.54, 1.807) is 18.6 Å². The number of carbonyl (C=O) groups is 1. The van der Waals surface area contributed by atoms with Gasteiger partial charge < -0.3 is 4.42 Å². The molecule has 1 aliphatic carbocycles. The molecule has 1 fully saturated rings. The smallest absolute Gasteiger partial charge is 0.169 e. The lowest BCUT2D eigenvalue weighted by atomic mass is 9.73. The van der Waals surface area contributed by atoms with Crippen molar-refractivity contribution in [1.82, 2.24) is 0 Å². The molecule has 1 saturated carbocycles. The van der Waals surface area contributed by atoms with Crippen LogP contribution in [0.2, 0.25) is 0 Å². The molecular weight excluding hydrogens is 188 g/mol. The molecule has 3 atom stereocenters. The summed E-state index contributed by atoms with van der Waals surface area (Å²) >= 11 is 0. The van der Waals surface area contributed by atoms with Gasteiger partial charge in [0.05, 0.1) is 11.8 Å². The summed E-state index contributed by atoms with van der Waals surface area (Å²) in [6, 6.07) is 1.77. The maximum Gasteiger partial charge on any atom is 0.169 e. The van der Waals surface area contributed by atoms with Gasteiger partial charge in [0, 0.05) is 5.92 Å². The van der Waals surface area contributed by atoms with Crippen molar-refractivity contribution in [2.24, 2.45) is 17.8 Å². The number of hydrogen-bond donors (Lipinski definition) is 0. The summed E-state index contributed by atoms with van der Waals surface area (Å²) in [6.07, 6.45) is 6.38. The Hall–Kier alpha value is -1.05. The standard InChI is InChI=1S/C13H18O2/c1-9-3-4-11(7-10(9)2)13(14)12-5-6-15-8-12/h5-6,8-11H,3-4,7H2,1-2H3. The quantitative estimate of drug-likeness (QED) is 0.693. The molecule has 1 aromatic rings. The highest BCUT2D eigenvalue weighted by atomic mass is 16.3. The first kappa shape index (κ1) is 10.5. The summed E-state index contributed by atoms with van der Waals surface area (Å²) in [5.41, 5.74) is 0.738. The molecule has 0 aromatic carbocycles. The van der Waals surface area contributed by atoms with Crippen molar-refractivity contribution in [3.63, 3.8) is 0 Å². The predicted molar refractivity (Wildman–Crippen MR) is 58.7 cm³/mol. The van der Waals surface area contributed by atoms with Crippen molar-refractivity contribution in [3.8, 4) is 0 Å². The summed E-state index contributed by atoms with van der Waals surface area (Å²) in [5, 5.41) is 0. The van der Waals surface area contributed by atoms with Gasteiger partial charge in [0.15, 0.2) is 5.78 Å². The van der Waals surface area contributed by atoms with E-state index in [2.05, 4.69) is 13.8 Å². The average Bonchev–Trinajstić information content (AvgIpc) is 2.74. The van der Waals surface area contributed by atoms with Crippen LogP contribution in [0.5, 0.6) is 0 Å². The highest BCUT2D eigenvalue weighted by Gasteiger charge is 2.29. The molecule has 0 spiro atoms. The fourth-order valence-corrected chi connectivity index (χ4v) is 2.43. The minimum absolute atomic E-state index is 0.216. The molecule has 1 aromatic heterocycles. The van der Waals surface area contributed by atoms with Crippen LogP contribution < -0.4 is 0 Å². The summed E-state index contributed by atoms with van der Waals surface area (Å²) in [5.74, 6) is 1.91. The molecule has 2 heteroatoms. The lowest BCUT2D eigenvalue weighted by Gasteiger charge is -2.30. The Labute approximate surface area is 90.7 Å². The van der Waals surface area contributed by atoms with E-state index in [0.29, 0.717) is 5.92 Å². The third kappa shape index (κ3) is 2.14. The van der Waals surface area contributed by atoms with Gasteiger partial charge in [-0.2, -0.15) is 0 Å². The van der Waals surface area contributed by atoms with Crippen LogP contribution in [0.25, 0.3) is 0 Å². The second-order valence-electron chi connectivity index (χ2n) is 4.84. The van der Waals surface area contributed by atoms with Crippen LogP contribution in [0, 0.1) is 17.8 Å². The van der Waals surface area contributed by atoms with E-state index in [-0.39, 0.29) is 11.7 Å². The zero-order valence-electron chi connectivity index (χ0n) is 9.40. The van der Waals surface area contributed by atoms with Crippen molar-refractivity contribution in [3.05, 3.63) is 24.2 Å². The van der Waals surface area contributed by atoms with Gasteiger partial charge in [0.1, 0.15) is 6.26 Å². The Morgan fingerprint density at radius 3 is 2.73 bits per heavy atom. The van der Waals surface area contributed by atoms with Crippen molar-refractivity contribution >= 4 is 5.78 Å². The zero-order valence-corrected chi connectivity index (χ0v) is 9.40.